The number of nitrogens with zero attached hydrogens (tertiary/aromatic N) is 1. The van der Waals surface area contributed by atoms with Crippen molar-refractivity contribution in [1.29, 1.82) is 5.26 Å². The summed E-state index contributed by atoms with van der Waals surface area (Å²) in [6, 6.07) is 6.55. The molecule has 0 aliphatic rings. The van der Waals surface area contributed by atoms with Crippen LogP contribution in [0.5, 0.6) is 11.5 Å². The number of halogens is 3. The van der Waals surface area contributed by atoms with E-state index >= 15 is 0 Å². The number of hydrogen-bond donors (Lipinski definition) is 1. The minimum atomic E-state index is -0.968. The van der Waals surface area contributed by atoms with E-state index in [4.69, 9.17) is 15.7 Å². The highest BCUT2D eigenvalue weighted by Gasteiger charge is 2.11. The lowest BCUT2D eigenvalue weighted by Crippen LogP contribution is -1.97. The smallest absolute Gasteiger partial charge is 0.156 e. The molecule has 2 aromatic rings. The van der Waals surface area contributed by atoms with Crippen LogP contribution in [0.1, 0.15) is 5.56 Å². The molecule has 0 aliphatic carbocycles. The van der Waals surface area contributed by atoms with Crippen molar-refractivity contribution in [2.24, 2.45) is 0 Å². The lowest BCUT2D eigenvalue weighted by atomic mass is 10.2. The van der Waals surface area contributed by atoms with Gasteiger partial charge in [-0.15, -0.1) is 0 Å². The first-order valence-electron chi connectivity index (χ1n) is 5.13. The van der Waals surface area contributed by atoms with Crippen molar-refractivity contribution in [3.05, 3.63) is 53.3 Å². The van der Waals surface area contributed by atoms with E-state index in [0.717, 1.165) is 12.1 Å². The molecule has 0 radical (unpaired) electrons. The van der Waals surface area contributed by atoms with Crippen LogP contribution in [0.25, 0.3) is 0 Å². The van der Waals surface area contributed by atoms with Gasteiger partial charge in [0.15, 0.2) is 11.6 Å². The minimum absolute atomic E-state index is 0.0202. The Morgan fingerprint density at radius 1 is 1.05 bits per heavy atom. The average molecular weight is 264 g/mol. The highest BCUT2D eigenvalue weighted by atomic mass is 19.1. The molecule has 0 aromatic heterocycles. The van der Waals surface area contributed by atoms with Gasteiger partial charge in [0.25, 0.3) is 0 Å². The van der Waals surface area contributed by atoms with Crippen LogP contribution in [0, 0.1) is 28.8 Å². The van der Waals surface area contributed by atoms with Crippen LogP contribution in [-0.2, 0) is 0 Å². The Hall–Kier alpha value is -2.68. The summed E-state index contributed by atoms with van der Waals surface area (Å²) in [5.74, 6) is -2.91. The Labute approximate surface area is 106 Å². The third kappa shape index (κ3) is 2.60. The summed E-state index contributed by atoms with van der Waals surface area (Å²) in [5.41, 5.74) is 4.84. The first-order valence-corrected chi connectivity index (χ1v) is 5.13. The highest BCUT2D eigenvalue weighted by molar-refractivity contribution is 5.55. The molecule has 3 nitrogen and oxygen atoms in total. The second-order valence-electron chi connectivity index (χ2n) is 3.65. The molecule has 0 spiro atoms. The van der Waals surface area contributed by atoms with Gasteiger partial charge in [0, 0.05) is 18.2 Å². The van der Waals surface area contributed by atoms with Crippen LogP contribution < -0.4 is 10.5 Å². The second-order valence-corrected chi connectivity index (χ2v) is 3.65. The largest absolute Gasteiger partial charge is 0.455 e. The Kier molecular flexibility index (Phi) is 3.29. The third-order valence-corrected chi connectivity index (χ3v) is 2.35. The fourth-order valence-electron chi connectivity index (χ4n) is 1.42. The third-order valence-electron chi connectivity index (χ3n) is 2.35. The lowest BCUT2D eigenvalue weighted by Gasteiger charge is -2.09. The van der Waals surface area contributed by atoms with Gasteiger partial charge in [0.05, 0.1) is 5.56 Å². The van der Waals surface area contributed by atoms with E-state index in [2.05, 4.69) is 0 Å². The Morgan fingerprint density at radius 3 is 2.42 bits per heavy atom. The first-order chi connectivity index (χ1) is 9.01. The number of nitriles is 1. The van der Waals surface area contributed by atoms with E-state index < -0.39 is 17.5 Å². The van der Waals surface area contributed by atoms with Gasteiger partial charge >= 0.3 is 0 Å². The maximum absolute atomic E-state index is 13.3. The minimum Gasteiger partial charge on any atom is -0.455 e. The van der Waals surface area contributed by atoms with Crippen molar-refractivity contribution >= 4 is 5.69 Å². The summed E-state index contributed by atoms with van der Waals surface area (Å²) in [5, 5.41) is 8.57. The van der Waals surface area contributed by atoms with E-state index in [0.29, 0.717) is 6.07 Å². The quantitative estimate of drug-likeness (QED) is 0.846. The van der Waals surface area contributed by atoms with Gasteiger partial charge in [-0.2, -0.15) is 5.26 Å². The maximum Gasteiger partial charge on any atom is 0.156 e. The van der Waals surface area contributed by atoms with Crippen molar-refractivity contribution < 1.29 is 17.9 Å². The summed E-state index contributed by atoms with van der Waals surface area (Å²) < 4.78 is 44.6. The van der Waals surface area contributed by atoms with Crippen molar-refractivity contribution in [3.63, 3.8) is 0 Å². The van der Waals surface area contributed by atoms with Gasteiger partial charge in [-0.1, -0.05) is 0 Å². The molecule has 0 heterocycles. The summed E-state index contributed by atoms with van der Waals surface area (Å²) in [6.07, 6.45) is 0. The highest BCUT2D eigenvalue weighted by Crippen LogP contribution is 2.31. The van der Waals surface area contributed by atoms with Crippen LogP contribution in [-0.4, -0.2) is 0 Å². The number of anilines is 1. The molecule has 96 valence electrons. The molecule has 0 unspecified atom stereocenters. The van der Waals surface area contributed by atoms with E-state index in [-0.39, 0.29) is 22.7 Å². The number of hydrogen-bond acceptors (Lipinski definition) is 3. The Balaban J connectivity index is 2.37. The molecule has 6 heteroatoms. The second kappa shape index (κ2) is 4.90. The predicted molar refractivity (Wildman–Crippen MR) is 62.0 cm³/mol. The molecule has 2 rings (SSSR count). The predicted octanol–water partition coefficient (Wildman–Crippen LogP) is 3.35. The van der Waals surface area contributed by atoms with Gasteiger partial charge < -0.3 is 10.5 Å². The number of nitrogen functional groups attached to an aromatic ring is 1. The molecule has 0 aliphatic heterocycles. The van der Waals surface area contributed by atoms with E-state index in [9.17, 15) is 13.2 Å². The van der Waals surface area contributed by atoms with Crippen LogP contribution in [0.3, 0.4) is 0 Å². The Bertz CT molecular complexity index is 680. The Morgan fingerprint density at radius 2 is 1.79 bits per heavy atom. The zero-order chi connectivity index (χ0) is 14.0. The normalized spacial score (nSPS) is 10.0. The molecule has 0 saturated carbocycles. The fraction of sp³-hybridized carbons (Fsp3) is 0. The van der Waals surface area contributed by atoms with Gasteiger partial charge in [-0.25, -0.2) is 13.2 Å². The van der Waals surface area contributed by atoms with Crippen molar-refractivity contribution in [3.8, 4) is 17.6 Å². The molecule has 2 aromatic carbocycles. The number of ether oxygens (including phenoxy) is 1. The molecule has 0 bridgehead atoms. The van der Waals surface area contributed by atoms with Crippen LogP contribution in [0.2, 0.25) is 0 Å². The standard InChI is InChI=1S/C13H7F3N2O/c14-8-3-11(16)13(18)12(4-8)19-9-2-1-7(6-17)10(15)5-9/h1-5H,18H2. The lowest BCUT2D eigenvalue weighted by molar-refractivity contribution is 0.467. The molecule has 19 heavy (non-hydrogen) atoms. The summed E-state index contributed by atoms with van der Waals surface area (Å²) in [7, 11) is 0. The van der Waals surface area contributed by atoms with Crippen molar-refractivity contribution in [2.45, 2.75) is 0 Å². The fourth-order valence-corrected chi connectivity index (χ4v) is 1.42. The maximum atomic E-state index is 13.3. The zero-order valence-corrected chi connectivity index (χ0v) is 9.45. The van der Waals surface area contributed by atoms with Gasteiger partial charge in [0.2, 0.25) is 0 Å². The van der Waals surface area contributed by atoms with E-state index in [1.54, 1.807) is 6.07 Å². The molecule has 2 N–H and O–H groups in total. The number of benzene rings is 2. The molecule has 0 atom stereocenters. The summed E-state index contributed by atoms with van der Waals surface area (Å²) >= 11 is 0. The molecule has 0 amide bonds. The molecule has 0 saturated heterocycles. The number of rotatable bonds is 2. The topological polar surface area (TPSA) is 59.0 Å². The van der Waals surface area contributed by atoms with Crippen LogP contribution >= 0.6 is 0 Å². The van der Waals surface area contributed by atoms with Gasteiger partial charge in [-0.3, -0.25) is 0 Å². The van der Waals surface area contributed by atoms with Crippen LogP contribution in [0.15, 0.2) is 30.3 Å². The van der Waals surface area contributed by atoms with Gasteiger partial charge in [0.1, 0.15) is 29.1 Å². The zero-order valence-electron chi connectivity index (χ0n) is 9.45. The van der Waals surface area contributed by atoms with E-state index in [1.807, 2.05) is 0 Å². The first kappa shape index (κ1) is 12.8. The van der Waals surface area contributed by atoms with E-state index in [1.165, 1.54) is 12.1 Å². The molecular weight excluding hydrogens is 257 g/mol. The van der Waals surface area contributed by atoms with Crippen molar-refractivity contribution in [1.82, 2.24) is 0 Å². The van der Waals surface area contributed by atoms with Gasteiger partial charge in [-0.05, 0) is 12.1 Å². The molecule has 0 fully saturated rings. The summed E-state index contributed by atoms with van der Waals surface area (Å²) in [4.78, 5) is 0. The monoisotopic (exact) mass is 264 g/mol. The molecular formula is C13H7F3N2O. The average Bonchev–Trinajstić information content (AvgIpc) is 2.35. The van der Waals surface area contributed by atoms with Crippen LogP contribution in [0.4, 0.5) is 18.9 Å². The summed E-state index contributed by atoms with van der Waals surface area (Å²) in [6.45, 7) is 0. The number of nitrogens with two attached hydrogens (primary N) is 1. The van der Waals surface area contributed by atoms with Crippen molar-refractivity contribution in [2.75, 3.05) is 5.73 Å². The SMILES string of the molecule is N#Cc1ccc(Oc2cc(F)cc(F)c2N)cc1F.